The van der Waals surface area contributed by atoms with Crippen LogP contribution in [0.25, 0.3) is 0 Å². The summed E-state index contributed by atoms with van der Waals surface area (Å²) < 4.78 is 5.16. The molecular weight excluding hydrogens is 216 g/mol. The highest BCUT2D eigenvalue weighted by molar-refractivity contribution is 5.41. The lowest BCUT2D eigenvalue weighted by atomic mass is 10.2. The lowest BCUT2D eigenvalue weighted by Crippen LogP contribution is -2.33. The molecular formula is C12H22N4O. The zero-order valence-corrected chi connectivity index (χ0v) is 11.1. The maximum atomic E-state index is 5.63. The number of methoxy groups -OCH3 is 1. The van der Waals surface area contributed by atoms with Crippen molar-refractivity contribution < 1.29 is 4.74 Å². The van der Waals surface area contributed by atoms with Crippen molar-refractivity contribution in [3.63, 3.8) is 0 Å². The minimum atomic E-state index is 0.558. The quantitative estimate of drug-likeness (QED) is 0.807. The summed E-state index contributed by atoms with van der Waals surface area (Å²) in [5.41, 5.74) is 5.63. The first-order chi connectivity index (χ1) is 8.06. The van der Waals surface area contributed by atoms with E-state index < -0.39 is 0 Å². The second kappa shape index (κ2) is 6.39. The molecule has 0 unspecified atom stereocenters. The highest BCUT2D eigenvalue weighted by Gasteiger charge is 2.11. The Bertz CT molecular complexity index is 354. The summed E-state index contributed by atoms with van der Waals surface area (Å²) >= 11 is 0. The van der Waals surface area contributed by atoms with Crippen molar-refractivity contribution >= 4 is 5.82 Å². The van der Waals surface area contributed by atoms with E-state index in [0.717, 1.165) is 18.9 Å². The third-order valence-electron chi connectivity index (χ3n) is 2.32. The lowest BCUT2D eigenvalue weighted by Gasteiger charge is -2.25. The fraction of sp³-hybridized carbons (Fsp3) is 0.667. The molecule has 0 saturated carbocycles. The summed E-state index contributed by atoms with van der Waals surface area (Å²) in [5.74, 6) is 2.75. The Morgan fingerprint density at radius 3 is 2.65 bits per heavy atom. The molecule has 1 aromatic heterocycles. The van der Waals surface area contributed by atoms with Crippen molar-refractivity contribution in [3.8, 4) is 5.88 Å². The maximum Gasteiger partial charge on any atom is 0.218 e. The van der Waals surface area contributed by atoms with Crippen LogP contribution in [0.15, 0.2) is 6.07 Å². The normalized spacial score (nSPS) is 10.7. The zero-order chi connectivity index (χ0) is 12.8. The van der Waals surface area contributed by atoms with E-state index in [1.165, 1.54) is 0 Å². The third kappa shape index (κ3) is 4.19. The van der Waals surface area contributed by atoms with Crippen LogP contribution in [-0.2, 0) is 0 Å². The average molecular weight is 238 g/mol. The molecule has 17 heavy (non-hydrogen) atoms. The van der Waals surface area contributed by atoms with Crippen LogP contribution in [0.4, 0.5) is 5.82 Å². The fourth-order valence-electron chi connectivity index (χ4n) is 1.69. The van der Waals surface area contributed by atoms with Crippen LogP contribution in [0.5, 0.6) is 5.88 Å². The standard InChI is InChI=1S/C12H22N4O/c1-9(2)8-16(6-5-13)11-7-12(17-4)15-10(3)14-11/h7,9H,5-6,8,13H2,1-4H3. The summed E-state index contributed by atoms with van der Waals surface area (Å²) in [6.07, 6.45) is 0. The Labute approximate surface area is 103 Å². The van der Waals surface area contributed by atoms with Gasteiger partial charge in [0.15, 0.2) is 0 Å². The molecule has 2 N–H and O–H groups in total. The molecule has 0 radical (unpaired) electrons. The molecule has 1 heterocycles. The van der Waals surface area contributed by atoms with Crippen molar-refractivity contribution in [2.24, 2.45) is 11.7 Å². The van der Waals surface area contributed by atoms with Gasteiger partial charge in [-0.3, -0.25) is 0 Å². The minimum absolute atomic E-state index is 0.558. The van der Waals surface area contributed by atoms with Gasteiger partial charge in [-0.05, 0) is 12.8 Å². The van der Waals surface area contributed by atoms with Crippen LogP contribution in [-0.4, -0.2) is 36.7 Å². The highest BCUT2D eigenvalue weighted by atomic mass is 16.5. The molecule has 0 fully saturated rings. The highest BCUT2D eigenvalue weighted by Crippen LogP contribution is 2.18. The van der Waals surface area contributed by atoms with Crippen LogP contribution >= 0.6 is 0 Å². The van der Waals surface area contributed by atoms with Crippen molar-refractivity contribution in [2.45, 2.75) is 20.8 Å². The molecule has 0 saturated heterocycles. The molecule has 0 atom stereocenters. The van der Waals surface area contributed by atoms with Crippen molar-refractivity contribution in [1.29, 1.82) is 0 Å². The number of aromatic nitrogens is 2. The zero-order valence-electron chi connectivity index (χ0n) is 11.1. The van der Waals surface area contributed by atoms with Gasteiger partial charge in [0.2, 0.25) is 5.88 Å². The predicted octanol–water partition coefficient (Wildman–Crippen LogP) is 1.21. The molecule has 0 bridgehead atoms. The first kappa shape index (κ1) is 13.7. The molecule has 0 amide bonds. The van der Waals surface area contributed by atoms with E-state index in [2.05, 4.69) is 28.7 Å². The first-order valence-corrected chi connectivity index (χ1v) is 5.91. The van der Waals surface area contributed by atoms with Gasteiger partial charge in [-0.1, -0.05) is 13.8 Å². The van der Waals surface area contributed by atoms with E-state index in [1.54, 1.807) is 7.11 Å². The number of nitrogens with zero attached hydrogens (tertiary/aromatic N) is 3. The van der Waals surface area contributed by atoms with E-state index >= 15 is 0 Å². The van der Waals surface area contributed by atoms with Crippen LogP contribution in [0.1, 0.15) is 19.7 Å². The van der Waals surface area contributed by atoms with Gasteiger partial charge < -0.3 is 15.4 Å². The van der Waals surface area contributed by atoms with Crippen molar-refractivity contribution in [2.75, 3.05) is 31.6 Å². The topological polar surface area (TPSA) is 64.3 Å². The molecule has 0 spiro atoms. The van der Waals surface area contributed by atoms with E-state index in [-0.39, 0.29) is 0 Å². The monoisotopic (exact) mass is 238 g/mol. The van der Waals surface area contributed by atoms with Gasteiger partial charge in [0.05, 0.1) is 7.11 Å². The Morgan fingerprint density at radius 2 is 2.12 bits per heavy atom. The Balaban J connectivity index is 2.95. The second-order valence-corrected chi connectivity index (χ2v) is 4.44. The molecule has 1 rings (SSSR count). The van der Waals surface area contributed by atoms with Crippen molar-refractivity contribution in [1.82, 2.24) is 9.97 Å². The molecule has 96 valence electrons. The number of anilines is 1. The SMILES string of the molecule is COc1cc(N(CCN)CC(C)C)nc(C)n1. The van der Waals surface area contributed by atoms with Crippen molar-refractivity contribution in [3.05, 3.63) is 11.9 Å². The number of ether oxygens (including phenoxy) is 1. The largest absolute Gasteiger partial charge is 0.481 e. The van der Waals surface area contributed by atoms with Crippen LogP contribution < -0.4 is 15.4 Å². The van der Waals surface area contributed by atoms with E-state index in [0.29, 0.717) is 24.2 Å². The third-order valence-corrected chi connectivity index (χ3v) is 2.32. The summed E-state index contributed by atoms with van der Waals surface area (Å²) in [6.45, 7) is 8.54. The number of nitrogens with two attached hydrogens (primary N) is 1. The number of rotatable bonds is 6. The van der Waals surface area contributed by atoms with E-state index in [9.17, 15) is 0 Å². The Morgan fingerprint density at radius 1 is 1.41 bits per heavy atom. The molecule has 5 heteroatoms. The molecule has 0 aliphatic carbocycles. The molecule has 0 aliphatic rings. The summed E-state index contributed by atoms with van der Waals surface area (Å²) in [7, 11) is 1.61. The first-order valence-electron chi connectivity index (χ1n) is 5.91. The van der Waals surface area contributed by atoms with Crippen LogP contribution in [0, 0.1) is 12.8 Å². The lowest BCUT2D eigenvalue weighted by molar-refractivity contribution is 0.395. The van der Waals surface area contributed by atoms with Gasteiger partial charge in [-0.25, -0.2) is 4.98 Å². The smallest absolute Gasteiger partial charge is 0.218 e. The molecule has 0 aromatic carbocycles. The second-order valence-electron chi connectivity index (χ2n) is 4.44. The molecule has 1 aromatic rings. The number of aryl methyl sites for hydroxylation is 1. The summed E-state index contributed by atoms with van der Waals surface area (Å²) in [6, 6.07) is 1.85. The number of hydrogen-bond acceptors (Lipinski definition) is 5. The van der Waals surface area contributed by atoms with E-state index in [1.807, 2.05) is 13.0 Å². The average Bonchev–Trinajstić information content (AvgIpc) is 2.27. The number of hydrogen-bond donors (Lipinski definition) is 1. The minimum Gasteiger partial charge on any atom is -0.481 e. The Kier molecular flexibility index (Phi) is 5.15. The van der Waals surface area contributed by atoms with Gasteiger partial charge in [0.1, 0.15) is 11.6 Å². The van der Waals surface area contributed by atoms with E-state index in [4.69, 9.17) is 10.5 Å². The van der Waals surface area contributed by atoms with Gasteiger partial charge in [-0.2, -0.15) is 4.98 Å². The maximum absolute atomic E-state index is 5.63. The Hall–Kier alpha value is -1.36. The van der Waals surface area contributed by atoms with Gasteiger partial charge in [-0.15, -0.1) is 0 Å². The van der Waals surface area contributed by atoms with Gasteiger partial charge >= 0.3 is 0 Å². The van der Waals surface area contributed by atoms with Crippen LogP contribution in [0.2, 0.25) is 0 Å². The van der Waals surface area contributed by atoms with Gasteiger partial charge in [0.25, 0.3) is 0 Å². The van der Waals surface area contributed by atoms with Gasteiger partial charge in [0, 0.05) is 25.7 Å². The molecule has 5 nitrogen and oxygen atoms in total. The fourth-order valence-corrected chi connectivity index (χ4v) is 1.69. The summed E-state index contributed by atoms with van der Waals surface area (Å²) in [4.78, 5) is 10.8. The predicted molar refractivity (Wildman–Crippen MR) is 69.4 cm³/mol. The summed E-state index contributed by atoms with van der Waals surface area (Å²) in [5, 5.41) is 0. The molecule has 0 aliphatic heterocycles. The van der Waals surface area contributed by atoms with Crippen LogP contribution in [0.3, 0.4) is 0 Å².